The van der Waals surface area contributed by atoms with Crippen LogP contribution in [0.3, 0.4) is 0 Å². The van der Waals surface area contributed by atoms with Gasteiger partial charge in [-0.1, -0.05) is 0 Å². The number of amides is 2. The van der Waals surface area contributed by atoms with E-state index in [1.807, 2.05) is 4.90 Å². The van der Waals surface area contributed by atoms with Crippen molar-refractivity contribution in [2.24, 2.45) is 11.7 Å². The predicted molar refractivity (Wildman–Crippen MR) is 77.8 cm³/mol. The number of halogens is 2. The number of ether oxygens (including phenoxy) is 1. The number of nitrogens with two attached hydrogens (primary N) is 1. The number of hydrogen-bond acceptors (Lipinski definition) is 4. The van der Waals surface area contributed by atoms with Gasteiger partial charge in [-0.15, -0.1) is 0 Å². The van der Waals surface area contributed by atoms with Gasteiger partial charge in [-0.3, -0.25) is 14.5 Å². The maximum Gasteiger partial charge on any atom is 0.248 e. The molecule has 1 saturated carbocycles. The van der Waals surface area contributed by atoms with Crippen LogP contribution in [0.15, 0.2) is 0 Å². The van der Waals surface area contributed by atoms with E-state index in [4.69, 9.17) is 10.5 Å². The molecule has 0 spiro atoms. The molecule has 2 heterocycles. The molecule has 1 atom stereocenters. The summed E-state index contributed by atoms with van der Waals surface area (Å²) in [6.45, 7) is 2.91. The molecule has 2 aliphatic heterocycles. The van der Waals surface area contributed by atoms with Crippen LogP contribution in [0.4, 0.5) is 8.78 Å². The summed E-state index contributed by atoms with van der Waals surface area (Å²) in [5.74, 6) is -3.23. The molecule has 3 fully saturated rings. The average Bonchev–Trinajstić information content (AvgIpc) is 2.96. The van der Waals surface area contributed by atoms with Crippen LogP contribution in [0.2, 0.25) is 0 Å². The highest BCUT2D eigenvalue weighted by Gasteiger charge is 2.48. The minimum Gasteiger partial charge on any atom is -0.379 e. The molecule has 0 aromatic carbocycles. The first-order valence-corrected chi connectivity index (χ1v) is 8.11. The van der Waals surface area contributed by atoms with Crippen molar-refractivity contribution in [2.75, 3.05) is 39.4 Å². The van der Waals surface area contributed by atoms with Crippen molar-refractivity contribution >= 4 is 11.8 Å². The molecule has 0 radical (unpaired) electrons. The van der Waals surface area contributed by atoms with Gasteiger partial charge in [0.1, 0.15) is 5.54 Å². The molecule has 3 rings (SSSR count). The lowest BCUT2D eigenvalue weighted by atomic mass is 9.79. The number of nitrogens with zero attached hydrogens (tertiary/aromatic N) is 2. The fraction of sp³-hybridized carbons (Fsp3) is 0.867. The van der Waals surface area contributed by atoms with Gasteiger partial charge in [0.15, 0.2) is 0 Å². The standard InChI is InChI=1S/C15H23F2N3O3/c16-15(17)8-11(9-15)7-12(21)19-2-4-20(5-3-19)14(13(18)22)1-6-23-10-14/h11H,1-10H2,(H2,18,22). The topological polar surface area (TPSA) is 75.9 Å². The molecule has 0 aromatic heterocycles. The molecule has 0 aromatic rings. The second kappa shape index (κ2) is 5.98. The van der Waals surface area contributed by atoms with Gasteiger partial charge < -0.3 is 15.4 Å². The Morgan fingerprint density at radius 1 is 1.17 bits per heavy atom. The van der Waals surface area contributed by atoms with Crippen LogP contribution >= 0.6 is 0 Å². The molecule has 0 bridgehead atoms. The number of piperazine rings is 1. The summed E-state index contributed by atoms with van der Waals surface area (Å²) in [4.78, 5) is 27.7. The SMILES string of the molecule is NC(=O)C1(N2CCN(C(=O)CC3CC(F)(F)C3)CC2)CCOC1. The summed E-state index contributed by atoms with van der Waals surface area (Å²) >= 11 is 0. The fourth-order valence-corrected chi connectivity index (χ4v) is 3.84. The first kappa shape index (κ1) is 16.6. The molecular weight excluding hydrogens is 308 g/mol. The van der Waals surface area contributed by atoms with E-state index in [-0.39, 0.29) is 37.0 Å². The van der Waals surface area contributed by atoms with Gasteiger partial charge in [0.25, 0.3) is 0 Å². The predicted octanol–water partition coefficient (Wildman–Crippen LogP) is 0.210. The van der Waals surface area contributed by atoms with Crippen molar-refractivity contribution in [2.45, 2.75) is 37.1 Å². The van der Waals surface area contributed by atoms with Gasteiger partial charge in [0.2, 0.25) is 17.7 Å². The van der Waals surface area contributed by atoms with E-state index >= 15 is 0 Å². The molecule has 8 heteroatoms. The van der Waals surface area contributed by atoms with Crippen molar-refractivity contribution in [3.8, 4) is 0 Å². The number of alkyl halides is 2. The number of carbonyl (C=O) groups excluding carboxylic acids is 2. The monoisotopic (exact) mass is 331 g/mol. The summed E-state index contributed by atoms with van der Waals surface area (Å²) < 4.78 is 31.0. The largest absolute Gasteiger partial charge is 0.379 e. The second-order valence-electron chi connectivity index (χ2n) is 6.90. The van der Waals surface area contributed by atoms with Gasteiger partial charge in [0.05, 0.1) is 6.61 Å². The van der Waals surface area contributed by atoms with Crippen LogP contribution in [-0.4, -0.2) is 72.5 Å². The Labute approximate surface area is 133 Å². The summed E-state index contributed by atoms with van der Waals surface area (Å²) in [7, 11) is 0. The van der Waals surface area contributed by atoms with Crippen molar-refractivity contribution in [3.63, 3.8) is 0 Å². The summed E-state index contributed by atoms with van der Waals surface area (Å²) in [6.07, 6.45) is 0.411. The normalized spacial score (nSPS) is 31.8. The molecule has 2 saturated heterocycles. The maximum atomic E-state index is 12.8. The van der Waals surface area contributed by atoms with Crippen molar-refractivity contribution in [1.29, 1.82) is 0 Å². The molecule has 2 N–H and O–H groups in total. The lowest BCUT2D eigenvalue weighted by Crippen LogP contribution is -2.63. The summed E-state index contributed by atoms with van der Waals surface area (Å²) in [5, 5.41) is 0. The zero-order chi connectivity index (χ0) is 16.7. The van der Waals surface area contributed by atoms with Crippen molar-refractivity contribution in [1.82, 2.24) is 9.80 Å². The zero-order valence-corrected chi connectivity index (χ0v) is 13.1. The van der Waals surface area contributed by atoms with Gasteiger partial charge >= 0.3 is 0 Å². The van der Waals surface area contributed by atoms with Crippen molar-refractivity contribution in [3.05, 3.63) is 0 Å². The first-order chi connectivity index (χ1) is 10.8. The van der Waals surface area contributed by atoms with Crippen LogP contribution in [-0.2, 0) is 14.3 Å². The Balaban J connectivity index is 1.50. The highest BCUT2D eigenvalue weighted by molar-refractivity contribution is 5.85. The third-order valence-corrected chi connectivity index (χ3v) is 5.34. The highest BCUT2D eigenvalue weighted by atomic mass is 19.3. The lowest BCUT2D eigenvalue weighted by molar-refractivity contribution is -0.145. The van der Waals surface area contributed by atoms with E-state index in [2.05, 4.69) is 0 Å². The van der Waals surface area contributed by atoms with E-state index in [1.165, 1.54) is 0 Å². The Morgan fingerprint density at radius 3 is 2.30 bits per heavy atom. The second-order valence-corrected chi connectivity index (χ2v) is 6.90. The Hall–Kier alpha value is -1.28. The maximum absolute atomic E-state index is 12.8. The van der Waals surface area contributed by atoms with Crippen LogP contribution in [0.5, 0.6) is 0 Å². The minimum absolute atomic E-state index is 0.0686. The smallest absolute Gasteiger partial charge is 0.248 e. The van der Waals surface area contributed by atoms with Crippen LogP contribution in [0.25, 0.3) is 0 Å². The van der Waals surface area contributed by atoms with Gasteiger partial charge in [-0.2, -0.15) is 0 Å². The van der Waals surface area contributed by atoms with Crippen molar-refractivity contribution < 1.29 is 23.1 Å². The van der Waals surface area contributed by atoms with Crippen LogP contribution < -0.4 is 5.73 Å². The average molecular weight is 331 g/mol. The molecule has 1 aliphatic carbocycles. The lowest BCUT2D eigenvalue weighted by Gasteiger charge is -2.44. The Bertz CT molecular complexity index is 478. The van der Waals surface area contributed by atoms with E-state index in [9.17, 15) is 18.4 Å². The summed E-state index contributed by atoms with van der Waals surface area (Å²) in [6, 6.07) is 0. The molecule has 6 nitrogen and oxygen atoms in total. The third kappa shape index (κ3) is 3.19. The number of rotatable bonds is 4. The molecule has 23 heavy (non-hydrogen) atoms. The Kier molecular flexibility index (Phi) is 4.31. The molecule has 130 valence electrons. The molecular formula is C15H23F2N3O3. The molecule has 1 unspecified atom stereocenters. The fourth-order valence-electron chi connectivity index (χ4n) is 3.84. The number of hydrogen-bond donors (Lipinski definition) is 1. The van der Waals surface area contributed by atoms with E-state index in [1.54, 1.807) is 4.90 Å². The quantitative estimate of drug-likeness (QED) is 0.799. The van der Waals surface area contributed by atoms with E-state index in [0.717, 1.165) is 0 Å². The van der Waals surface area contributed by atoms with E-state index < -0.39 is 11.5 Å². The Morgan fingerprint density at radius 2 is 1.83 bits per heavy atom. The number of primary amides is 1. The van der Waals surface area contributed by atoms with Crippen LogP contribution in [0.1, 0.15) is 25.7 Å². The van der Waals surface area contributed by atoms with Gasteiger partial charge in [0, 0.05) is 58.5 Å². The summed E-state index contributed by atoms with van der Waals surface area (Å²) in [5.41, 5.74) is 4.80. The number of carbonyl (C=O) groups is 2. The first-order valence-electron chi connectivity index (χ1n) is 8.11. The zero-order valence-electron chi connectivity index (χ0n) is 13.1. The van der Waals surface area contributed by atoms with Gasteiger partial charge in [-0.05, 0) is 5.92 Å². The minimum atomic E-state index is -2.58. The van der Waals surface area contributed by atoms with Gasteiger partial charge in [-0.25, -0.2) is 8.78 Å². The molecule has 2 amide bonds. The van der Waals surface area contributed by atoms with E-state index in [0.29, 0.717) is 45.8 Å². The third-order valence-electron chi connectivity index (χ3n) is 5.34. The highest BCUT2D eigenvalue weighted by Crippen LogP contribution is 2.44. The molecule has 3 aliphatic rings. The van der Waals surface area contributed by atoms with Crippen LogP contribution in [0, 0.1) is 5.92 Å².